The second-order valence-electron chi connectivity index (χ2n) is 17.6. The molecule has 4 aliphatic heterocycles. The van der Waals surface area contributed by atoms with Gasteiger partial charge in [0.05, 0.1) is 16.5 Å². The summed E-state index contributed by atoms with van der Waals surface area (Å²) >= 11 is 9.53. The SMILES string of the molecule is CC(C)(C)OC(=O)OC(=O)OC(C)(C)C.CCCC[C@]1(CC)O[C@@H]2[C@@H](Oc3nc(=O)c(C)cn32)[C@@H]1C.CC[C@@]1(CCCN)O[C@@H]2[C@@H](Oc3nc(=O)c(C)cn32)[C@@H]1C.ClCCl. The van der Waals surface area contributed by atoms with Crippen LogP contribution in [0.3, 0.4) is 0 Å². The molecule has 0 bridgehead atoms. The topological polar surface area (TPSA) is 195 Å². The number of fused-ring (bicyclic) bond motifs is 6. The highest BCUT2D eigenvalue weighted by Crippen LogP contribution is 2.52. The molecule has 0 aliphatic carbocycles. The van der Waals surface area contributed by atoms with Crippen molar-refractivity contribution in [3.05, 3.63) is 44.2 Å². The Morgan fingerprint density at radius 3 is 1.43 bits per heavy atom. The molecule has 18 heteroatoms. The first-order chi connectivity index (χ1) is 27.9. The van der Waals surface area contributed by atoms with E-state index in [2.05, 4.69) is 49.3 Å². The van der Waals surface area contributed by atoms with Gasteiger partial charge < -0.3 is 38.9 Å². The van der Waals surface area contributed by atoms with Crippen LogP contribution in [-0.4, -0.2) is 77.9 Å². The van der Waals surface area contributed by atoms with Crippen molar-refractivity contribution >= 4 is 35.5 Å². The molecule has 0 aromatic carbocycles. The van der Waals surface area contributed by atoms with Crippen LogP contribution in [0.25, 0.3) is 0 Å². The molecule has 60 heavy (non-hydrogen) atoms. The van der Waals surface area contributed by atoms with Crippen molar-refractivity contribution in [1.29, 1.82) is 0 Å². The molecule has 6 rings (SSSR count). The summed E-state index contributed by atoms with van der Waals surface area (Å²) in [6.45, 7) is 25.1. The maximum Gasteiger partial charge on any atom is 0.519 e. The third-order valence-electron chi connectivity index (χ3n) is 11.0. The third-order valence-corrected chi connectivity index (χ3v) is 11.0. The quantitative estimate of drug-likeness (QED) is 0.151. The molecular formula is C42H67Cl2N5O11. The number of ether oxygens (including phenoxy) is 7. The lowest BCUT2D eigenvalue weighted by Gasteiger charge is -2.33. The number of aryl methyl sites for hydroxylation is 2. The fraction of sp³-hybridized carbons (Fsp3) is 0.762. The molecule has 4 aliphatic rings. The molecule has 2 fully saturated rings. The monoisotopic (exact) mass is 887 g/mol. The van der Waals surface area contributed by atoms with Gasteiger partial charge in [0.15, 0.2) is 24.7 Å². The number of rotatable bonds is 8. The van der Waals surface area contributed by atoms with Gasteiger partial charge in [-0.1, -0.05) is 47.5 Å². The van der Waals surface area contributed by atoms with Crippen molar-refractivity contribution < 1.29 is 42.7 Å². The Hall–Kier alpha value is -3.44. The largest absolute Gasteiger partial charge is 0.519 e. The summed E-state index contributed by atoms with van der Waals surface area (Å²) in [7, 11) is 0. The molecule has 2 aromatic rings. The molecule has 6 heterocycles. The number of nitrogens with two attached hydrogens (primary N) is 1. The van der Waals surface area contributed by atoms with Crippen molar-refractivity contribution in [2.75, 3.05) is 11.9 Å². The second kappa shape index (κ2) is 21.1. The summed E-state index contributed by atoms with van der Waals surface area (Å²) in [4.78, 5) is 53.3. The number of carbonyl (C=O) groups is 2. The number of unbranched alkanes of at least 4 members (excludes halogenated alkanes) is 1. The van der Waals surface area contributed by atoms with E-state index in [9.17, 15) is 19.2 Å². The predicted molar refractivity (Wildman–Crippen MR) is 228 cm³/mol. The third kappa shape index (κ3) is 12.4. The van der Waals surface area contributed by atoms with Gasteiger partial charge in [0.25, 0.3) is 11.1 Å². The molecule has 8 atom stereocenters. The molecular weight excluding hydrogens is 821 g/mol. The fourth-order valence-electron chi connectivity index (χ4n) is 7.78. The van der Waals surface area contributed by atoms with E-state index in [1.54, 1.807) is 61.6 Å². The van der Waals surface area contributed by atoms with Gasteiger partial charge in [-0.05, 0) is 94.0 Å². The Kier molecular flexibility index (Phi) is 17.9. The first-order valence-electron chi connectivity index (χ1n) is 20.8. The Balaban J connectivity index is 0.000000236. The van der Waals surface area contributed by atoms with Gasteiger partial charge in [0.1, 0.15) is 11.2 Å². The summed E-state index contributed by atoms with van der Waals surface area (Å²) in [5.41, 5.74) is 4.71. The van der Waals surface area contributed by atoms with Crippen LogP contribution in [-0.2, 0) is 23.7 Å². The van der Waals surface area contributed by atoms with Gasteiger partial charge in [-0.3, -0.25) is 18.7 Å². The molecule has 0 amide bonds. The van der Waals surface area contributed by atoms with Gasteiger partial charge in [-0.2, -0.15) is 9.97 Å². The van der Waals surface area contributed by atoms with Crippen LogP contribution in [0.5, 0.6) is 12.0 Å². The number of nitrogens with zero attached hydrogens (tertiary/aromatic N) is 4. The Morgan fingerprint density at radius 2 is 1.12 bits per heavy atom. The molecule has 0 unspecified atom stereocenters. The van der Waals surface area contributed by atoms with E-state index in [1.807, 2.05) is 15.3 Å². The van der Waals surface area contributed by atoms with E-state index in [0.29, 0.717) is 29.7 Å². The average molecular weight is 889 g/mol. The van der Waals surface area contributed by atoms with E-state index in [0.717, 1.165) is 44.9 Å². The molecule has 0 saturated carbocycles. The highest BCUT2D eigenvalue weighted by Gasteiger charge is 2.58. The minimum atomic E-state index is -1.06. The Bertz CT molecular complexity index is 1750. The number of carbonyl (C=O) groups excluding carboxylic acids is 2. The van der Waals surface area contributed by atoms with Gasteiger partial charge >= 0.3 is 24.3 Å². The highest BCUT2D eigenvalue weighted by molar-refractivity contribution is 6.40. The summed E-state index contributed by atoms with van der Waals surface area (Å²) in [5.74, 6) is 0.521. The number of alkyl halides is 2. The summed E-state index contributed by atoms with van der Waals surface area (Å²) in [5, 5.41) is 0.194. The summed E-state index contributed by atoms with van der Waals surface area (Å²) < 4.78 is 42.3. The van der Waals surface area contributed by atoms with E-state index in [4.69, 9.17) is 57.4 Å². The molecule has 2 saturated heterocycles. The minimum absolute atomic E-state index is 0.0458. The molecule has 2 N–H and O–H groups in total. The van der Waals surface area contributed by atoms with E-state index < -0.39 is 23.5 Å². The van der Waals surface area contributed by atoms with Crippen LogP contribution in [0.1, 0.15) is 145 Å². The molecule has 340 valence electrons. The van der Waals surface area contributed by atoms with Crippen LogP contribution >= 0.6 is 23.2 Å². The zero-order chi connectivity index (χ0) is 45.4. The smallest absolute Gasteiger partial charge is 0.456 e. The van der Waals surface area contributed by atoms with Gasteiger partial charge in [-0.15, -0.1) is 23.2 Å². The standard InChI is InChI=1S/C16H24N2O3.C15H23N3O3.C10H18O5.CH2Cl2/c1-5-7-8-16(6-2)11(4)12-14(21-16)18-9-10(3)13(19)17-15(18)20-12;1-4-15(6-5-7-16)10(3)11-13(21-15)18-8-9(2)12(19)17-14(18)20-11;1-9(2,3)14-7(11)13-8(12)15-10(4,5)6;2-1-3/h9,11-12,14H,5-8H2,1-4H3;8,10-11,13H,4-7,16H2,1-3H3;1-6H3;1H2/t11-,12-,14+,16-;10-,11-,13+,15-;;/m00../s1. The zero-order valence-electron chi connectivity index (χ0n) is 37.6. The van der Waals surface area contributed by atoms with E-state index >= 15 is 0 Å². The average Bonchev–Trinajstić information content (AvgIpc) is 3.83. The van der Waals surface area contributed by atoms with Crippen LogP contribution < -0.4 is 26.3 Å². The van der Waals surface area contributed by atoms with E-state index in [-0.39, 0.29) is 64.2 Å². The maximum atomic E-state index is 11.7. The van der Waals surface area contributed by atoms with Crippen LogP contribution in [0, 0.1) is 25.7 Å². The lowest BCUT2D eigenvalue weighted by Crippen LogP contribution is -2.38. The molecule has 0 radical (unpaired) electrons. The normalized spacial score (nSPS) is 26.8. The van der Waals surface area contributed by atoms with Gasteiger partial charge in [-0.25, -0.2) is 9.59 Å². The highest BCUT2D eigenvalue weighted by atomic mass is 35.5. The molecule has 16 nitrogen and oxygen atoms in total. The summed E-state index contributed by atoms with van der Waals surface area (Å²) in [6, 6.07) is 0.767. The van der Waals surface area contributed by atoms with Crippen molar-refractivity contribution in [3.8, 4) is 12.0 Å². The lowest BCUT2D eigenvalue weighted by molar-refractivity contribution is -0.0902. The van der Waals surface area contributed by atoms with Crippen molar-refractivity contribution in [2.45, 2.75) is 182 Å². The Labute approximate surface area is 364 Å². The maximum absolute atomic E-state index is 11.7. The first-order valence-corrected chi connectivity index (χ1v) is 21.9. The number of halogens is 2. The van der Waals surface area contributed by atoms with Gasteiger partial charge in [0, 0.05) is 35.4 Å². The van der Waals surface area contributed by atoms with Crippen molar-refractivity contribution in [2.24, 2.45) is 17.6 Å². The van der Waals surface area contributed by atoms with Gasteiger partial charge in [0.2, 0.25) is 0 Å². The number of aromatic nitrogens is 4. The zero-order valence-corrected chi connectivity index (χ0v) is 39.1. The molecule has 0 spiro atoms. The Morgan fingerprint density at radius 1 is 0.750 bits per heavy atom. The van der Waals surface area contributed by atoms with Crippen molar-refractivity contribution in [1.82, 2.24) is 19.1 Å². The second-order valence-corrected chi connectivity index (χ2v) is 18.4. The van der Waals surface area contributed by atoms with E-state index in [1.165, 1.54) is 0 Å². The fourth-order valence-corrected chi connectivity index (χ4v) is 7.78. The number of hydrogen-bond donors (Lipinski definition) is 1. The van der Waals surface area contributed by atoms with Crippen LogP contribution in [0.2, 0.25) is 0 Å². The summed E-state index contributed by atoms with van der Waals surface area (Å²) in [6.07, 6.45) is 8.15. The predicted octanol–water partition coefficient (Wildman–Crippen LogP) is 8.48. The van der Waals surface area contributed by atoms with Crippen LogP contribution in [0.15, 0.2) is 22.0 Å². The minimum Gasteiger partial charge on any atom is -0.456 e. The molecule has 2 aromatic heterocycles. The number of hydrogen-bond acceptors (Lipinski definition) is 14. The van der Waals surface area contributed by atoms with Crippen molar-refractivity contribution in [3.63, 3.8) is 0 Å². The lowest BCUT2D eigenvalue weighted by atomic mass is 9.81. The first kappa shape index (κ1) is 50.9. The van der Waals surface area contributed by atoms with Crippen LogP contribution in [0.4, 0.5) is 9.59 Å².